The van der Waals surface area contributed by atoms with Crippen molar-refractivity contribution in [2.75, 3.05) is 19.6 Å². The van der Waals surface area contributed by atoms with Gasteiger partial charge in [0.25, 0.3) is 5.69 Å². The summed E-state index contributed by atoms with van der Waals surface area (Å²) < 4.78 is 37.4. The molecule has 1 aromatic carbocycles. The number of alkyl halides is 3. The van der Waals surface area contributed by atoms with Crippen LogP contribution in [0.5, 0.6) is 0 Å². The third-order valence-corrected chi connectivity index (χ3v) is 3.92. The van der Waals surface area contributed by atoms with Crippen molar-refractivity contribution in [1.82, 2.24) is 10.2 Å². The third kappa shape index (κ3) is 5.19. The van der Waals surface area contributed by atoms with Crippen LogP contribution in [0.4, 0.5) is 18.9 Å². The Morgan fingerprint density at radius 2 is 2.08 bits per heavy atom. The molecule has 1 amide bonds. The summed E-state index contributed by atoms with van der Waals surface area (Å²) in [6.07, 6.45) is -3.26. The second-order valence-corrected chi connectivity index (χ2v) is 5.79. The van der Waals surface area contributed by atoms with E-state index in [0.29, 0.717) is 24.9 Å². The normalized spacial score (nSPS) is 19.0. The first-order valence-electron chi connectivity index (χ1n) is 7.55. The lowest BCUT2D eigenvalue weighted by molar-refractivity contribution is -0.385. The number of para-hydroxylation sites is 1. The molecule has 0 saturated carbocycles. The first kappa shape index (κ1) is 18.2. The van der Waals surface area contributed by atoms with Crippen LogP contribution >= 0.6 is 0 Å². The second kappa shape index (κ2) is 7.61. The summed E-state index contributed by atoms with van der Waals surface area (Å²) in [5, 5.41) is 13.5. The molecular formula is C15H18F3N3O3. The SMILES string of the molecule is O=C(NCc1ccccc1[N+](=O)[O-])[C@H]1CCCN(CC(F)(F)F)C1. The topological polar surface area (TPSA) is 75.5 Å². The van der Waals surface area contributed by atoms with E-state index in [-0.39, 0.29) is 24.7 Å². The number of rotatable bonds is 5. The maximum atomic E-state index is 12.5. The molecule has 0 aromatic heterocycles. The monoisotopic (exact) mass is 345 g/mol. The molecule has 0 unspecified atom stereocenters. The predicted molar refractivity (Wildman–Crippen MR) is 80.2 cm³/mol. The Morgan fingerprint density at radius 1 is 1.38 bits per heavy atom. The summed E-state index contributed by atoms with van der Waals surface area (Å²) in [5.41, 5.74) is 0.263. The number of amides is 1. The molecule has 2 rings (SSSR count). The summed E-state index contributed by atoms with van der Waals surface area (Å²) in [6, 6.07) is 6.03. The van der Waals surface area contributed by atoms with Crippen molar-refractivity contribution in [3.63, 3.8) is 0 Å². The van der Waals surface area contributed by atoms with Crippen LogP contribution in [0.25, 0.3) is 0 Å². The van der Waals surface area contributed by atoms with E-state index in [1.807, 2.05) is 0 Å². The number of piperidine rings is 1. The molecule has 24 heavy (non-hydrogen) atoms. The summed E-state index contributed by atoms with van der Waals surface area (Å²) in [4.78, 5) is 23.8. The van der Waals surface area contributed by atoms with E-state index in [4.69, 9.17) is 0 Å². The van der Waals surface area contributed by atoms with E-state index in [0.717, 1.165) is 0 Å². The van der Waals surface area contributed by atoms with Gasteiger partial charge in [-0.15, -0.1) is 0 Å². The molecule has 1 aliphatic rings. The number of benzene rings is 1. The number of carbonyl (C=O) groups is 1. The summed E-state index contributed by atoms with van der Waals surface area (Å²) in [5.74, 6) is -0.913. The molecule has 6 nitrogen and oxygen atoms in total. The van der Waals surface area contributed by atoms with Crippen molar-refractivity contribution in [3.8, 4) is 0 Å². The van der Waals surface area contributed by atoms with Crippen molar-refractivity contribution in [2.24, 2.45) is 5.92 Å². The smallest absolute Gasteiger partial charge is 0.351 e. The van der Waals surface area contributed by atoms with Crippen molar-refractivity contribution >= 4 is 11.6 Å². The number of nitrogens with zero attached hydrogens (tertiary/aromatic N) is 2. The number of nitro groups is 1. The fourth-order valence-corrected chi connectivity index (χ4v) is 2.83. The number of hydrogen-bond donors (Lipinski definition) is 1. The highest BCUT2D eigenvalue weighted by atomic mass is 19.4. The van der Waals surface area contributed by atoms with Gasteiger partial charge in [-0.25, -0.2) is 0 Å². The summed E-state index contributed by atoms with van der Waals surface area (Å²) in [6.45, 7) is -0.692. The zero-order chi connectivity index (χ0) is 17.7. The average molecular weight is 345 g/mol. The fourth-order valence-electron chi connectivity index (χ4n) is 2.83. The highest BCUT2D eigenvalue weighted by Crippen LogP contribution is 2.23. The van der Waals surface area contributed by atoms with Crippen molar-refractivity contribution in [2.45, 2.75) is 25.6 Å². The lowest BCUT2D eigenvalue weighted by atomic mass is 9.97. The maximum absolute atomic E-state index is 12.5. The quantitative estimate of drug-likeness (QED) is 0.657. The molecule has 1 aliphatic heterocycles. The van der Waals surface area contributed by atoms with Gasteiger partial charge in [0, 0.05) is 24.7 Å². The van der Waals surface area contributed by atoms with Gasteiger partial charge in [-0.3, -0.25) is 19.8 Å². The Hall–Kier alpha value is -2.16. The number of likely N-dealkylation sites (tertiary alicyclic amines) is 1. The molecule has 1 atom stereocenters. The van der Waals surface area contributed by atoms with E-state index in [9.17, 15) is 28.1 Å². The van der Waals surface area contributed by atoms with Crippen LogP contribution < -0.4 is 5.32 Å². The highest BCUT2D eigenvalue weighted by Gasteiger charge is 2.34. The first-order chi connectivity index (χ1) is 11.3. The van der Waals surface area contributed by atoms with Crippen LogP contribution in [0.3, 0.4) is 0 Å². The van der Waals surface area contributed by atoms with Crippen LogP contribution in [0.15, 0.2) is 24.3 Å². The van der Waals surface area contributed by atoms with Gasteiger partial charge in [-0.1, -0.05) is 18.2 Å². The Morgan fingerprint density at radius 3 is 2.75 bits per heavy atom. The van der Waals surface area contributed by atoms with E-state index in [1.165, 1.54) is 23.1 Å². The Balaban J connectivity index is 1.92. The first-order valence-corrected chi connectivity index (χ1v) is 7.55. The Kier molecular flexibility index (Phi) is 5.76. The van der Waals surface area contributed by atoms with Gasteiger partial charge in [0.2, 0.25) is 5.91 Å². The lowest BCUT2D eigenvalue weighted by Crippen LogP contribution is -2.46. The lowest BCUT2D eigenvalue weighted by Gasteiger charge is -2.32. The predicted octanol–water partition coefficient (Wildman–Crippen LogP) is 2.49. The number of nitrogens with one attached hydrogen (secondary N) is 1. The molecule has 0 radical (unpaired) electrons. The van der Waals surface area contributed by atoms with E-state index in [2.05, 4.69) is 5.32 Å². The zero-order valence-electron chi connectivity index (χ0n) is 12.9. The molecule has 0 aliphatic carbocycles. The molecule has 132 valence electrons. The van der Waals surface area contributed by atoms with Crippen LogP contribution in [-0.2, 0) is 11.3 Å². The maximum Gasteiger partial charge on any atom is 0.401 e. The van der Waals surface area contributed by atoms with Gasteiger partial charge >= 0.3 is 6.18 Å². The van der Waals surface area contributed by atoms with Crippen LogP contribution in [0.2, 0.25) is 0 Å². The molecule has 1 N–H and O–H groups in total. The van der Waals surface area contributed by atoms with Crippen molar-refractivity contribution < 1.29 is 22.9 Å². The van der Waals surface area contributed by atoms with Gasteiger partial charge in [-0.2, -0.15) is 13.2 Å². The minimum atomic E-state index is -4.29. The standard InChI is InChI=1S/C15H18F3N3O3/c16-15(17,18)10-20-7-3-5-12(9-20)14(22)19-8-11-4-1-2-6-13(11)21(23)24/h1-2,4,6,12H,3,5,7-10H2,(H,19,22)/t12-/m0/s1. The number of hydrogen-bond acceptors (Lipinski definition) is 4. The third-order valence-electron chi connectivity index (χ3n) is 3.92. The van der Waals surface area contributed by atoms with Crippen LogP contribution in [0, 0.1) is 16.0 Å². The van der Waals surface area contributed by atoms with Crippen molar-refractivity contribution in [1.29, 1.82) is 0 Å². The summed E-state index contributed by atoms with van der Waals surface area (Å²) in [7, 11) is 0. The van der Waals surface area contributed by atoms with Gasteiger partial charge in [-0.05, 0) is 19.4 Å². The minimum Gasteiger partial charge on any atom is -0.351 e. The molecule has 0 spiro atoms. The number of nitro benzene ring substituents is 1. The van der Waals surface area contributed by atoms with E-state index >= 15 is 0 Å². The zero-order valence-corrected chi connectivity index (χ0v) is 12.9. The average Bonchev–Trinajstić information content (AvgIpc) is 2.51. The Labute approximate surface area is 136 Å². The molecule has 1 fully saturated rings. The van der Waals surface area contributed by atoms with Gasteiger partial charge in [0.1, 0.15) is 0 Å². The van der Waals surface area contributed by atoms with E-state index < -0.39 is 23.6 Å². The number of carbonyl (C=O) groups excluding carboxylic acids is 1. The van der Waals surface area contributed by atoms with Crippen LogP contribution in [-0.4, -0.2) is 41.5 Å². The van der Waals surface area contributed by atoms with Crippen LogP contribution in [0.1, 0.15) is 18.4 Å². The second-order valence-electron chi connectivity index (χ2n) is 5.79. The largest absolute Gasteiger partial charge is 0.401 e. The molecular weight excluding hydrogens is 327 g/mol. The fraction of sp³-hybridized carbons (Fsp3) is 0.533. The van der Waals surface area contributed by atoms with Gasteiger partial charge in [0.05, 0.1) is 17.4 Å². The Bertz CT molecular complexity index is 607. The molecule has 9 heteroatoms. The van der Waals surface area contributed by atoms with E-state index in [1.54, 1.807) is 6.07 Å². The van der Waals surface area contributed by atoms with Gasteiger partial charge < -0.3 is 5.32 Å². The molecule has 1 saturated heterocycles. The molecule has 0 bridgehead atoms. The molecule has 1 heterocycles. The van der Waals surface area contributed by atoms with Gasteiger partial charge in [0.15, 0.2) is 0 Å². The molecule has 1 aromatic rings. The summed E-state index contributed by atoms with van der Waals surface area (Å²) >= 11 is 0. The minimum absolute atomic E-state index is 0.0221. The highest BCUT2D eigenvalue weighted by molar-refractivity contribution is 5.79. The van der Waals surface area contributed by atoms with Crippen molar-refractivity contribution in [3.05, 3.63) is 39.9 Å². The number of halogens is 3.